The number of hydrogen-bond donors (Lipinski definition) is 6. The maximum atomic E-state index is 13.3. The van der Waals surface area contributed by atoms with E-state index in [1.807, 2.05) is 12.1 Å². The number of nitrogens with two attached hydrogens (primary N) is 2. The number of fused-ring (bicyclic) bond motifs is 1. The predicted octanol–water partition coefficient (Wildman–Crippen LogP) is -0.259. The molecule has 0 spiro atoms. The molecule has 0 radical (unpaired) electrons. The van der Waals surface area contributed by atoms with E-state index in [-0.39, 0.29) is 10.8 Å². The van der Waals surface area contributed by atoms with Crippen LogP contribution >= 0.6 is 11.3 Å². The van der Waals surface area contributed by atoms with E-state index in [0.717, 1.165) is 55.1 Å². The number of carboxylic acid groups (broad SMARTS) is 1. The first-order valence-electron chi connectivity index (χ1n) is 15.4. The zero-order valence-corrected chi connectivity index (χ0v) is 28.6. The number of aliphatic carboxylic acids is 1. The van der Waals surface area contributed by atoms with Crippen molar-refractivity contribution < 1.29 is 46.3 Å². The minimum Gasteiger partial charge on any atom is -0.489 e. The number of nitrogens with one attached hydrogen (secondary N) is 2. The zero-order valence-electron chi connectivity index (χ0n) is 27.0. The fourth-order valence-corrected chi connectivity index (χ4v) is 6.19. The number of amides is 2. The summed E-state index contributed by atoms with van der Waals surface area (Å²) in [6.45, 7) is 6.37. The van der Waals surface area contributed by atoms with Crippen molar-refractivity contribution in [1.29, 1.82) is 0 Å². The topological polar surface area (TPSA) is 274 Å². The second-order valence-corrected chi connectivity index (χ2v) is 14.0. The van der Waals surface area contributed by atoms with Gasteiger partial charge >= 0.3 is 16.4 Å². The summed E-state index contributed by atoms with van der Waals surface area (Å²) >= 11 is 0.961. The van der Waals surface area contributed by atoms with E-state index in [4.69, 9.17) is 30.6 Å². The first-order valence-corrected chi connectivity index (χ1v) is 17.6. The Labute approximate surface area is 290 Å². The van der Waals surface area contributed by atoms with Crippen molar-refractivity contribution in [2.24, 2.45) is 16.8 Å². The Hall–Kier alpha value is -4.67. The van der Waals surface area contributed by atoms with Crippen LogP contribution in [-0.4, -0.2) is 114 Å². The Morgan fingerprint density at radius 1 is 1.26 bits per heavy atom. The number of carbonyl (C=O) groups is 3. The number of oxime groups is 1. The van der Waals surface area contributed by atoms with Crippen LogP contribution in [-0.2, 0) is 33.9 Å². The molecule has 0 saturated carbocycles. The lowest BCUT2D eigenvalue weighted by Crippen LogP contribution is -2.76. The van der Waals surface area contributed by atoms with E-state index in [1.54, 1.807) is 18.2 Å². The molecular weight excluding hydrogens is 699 g/mol. The number of pyridine rings is 1. The van der Waals surface area contributed by atoms with E-state index in [2.05, 4.69) is 30.0 Å². The van der Waals surface area contributed by atoms with Crippen molar-refractivity contribution in [1.82, 2.24) is 25.7 Å². The molecule has 0 aliphatic carbocycles. The molecule has 50 heavy (non-hydrogen) atoms. The van der Waals surface area contributed by atoms with Gasteiger partial charge in [0, 0.05) is 42.9 Å². The summed E-state index contributed by atoms with van der Waals surface area (Å²) in [5.74, 6) is -1.76. The molecule has 2 fully saturated rings. The molecule has 2 aromatic heterocycles. The molecule has 21 heteroatoms. The summed E-state index contributed by atoms with van der Waals surface area (Å²) in [6, 6.07) is 7.60. The number of nitrogens with zero attached hydrogens (tertiary/aromatic N) is 5. The van der Waals surface area contributed by atoms with Crippen LogP contribution in [0.3, 0.4) is 0 Å². The van der Waals surface area contributed by atoms with Crippen LogP contribution in [0.1, 0.15) is 26.0 Å². The van der Waals surface area contributed by atoms with Crippen LogP contribution in [0.4, 0.5) is 10.9 Å². The molecule has 19 nitrogen and oxygen atoms in total. The molecule has 4 heterocycles. The van der Waals surface area contributed by atoms with E-state index in [9.17, 15) is 27.9 Å². The van der Waals surface area contributed by atoms with Crippen molar-refractivity contribution in [3.05, 3.63) is 41.4 Å². The van der Waals surface area contributed by atoms with Crippen LogP contribution in [0.5, 0.6) is 5.75 Å². The lowest BCUT2D eigenvalue weighted by atomic mass is 9.84. The van der Waals surface area contributed by atoms with Gasteiger partial charge < -0.3 is 41.7 Å². The van der Waals surface area contributed by atoms with E-state index < -0.39 is 58.2 Å². The molecule has 0 bridgehead atoms. The number of aromatic nitrogens is 2. The van der Waals surface area contributed by atoms with Gasteiger partial charge in [0.2, 0.25) is 0 Å². The Morgan fingerprint density at radius 3 is 2.62 bits per heavy atom. The van der Waals surface area contributed by atoms with Crippen LogP contribution in [0.25, 0.3) is 10.9 Å². The van der Waals surface area contributed by atoms with Gasteiger partial charge in [0.05, 0.1) is 11.1 Å². The van der Waals surface area contributed by atoms with Crippen LogP contribution in [0.2, 0.25) is 0 Å². The van der Waals surface area contributed by atoms with Gasteiger partial charge in [-0.05, 0) is 57.1 Å². The fourth-order valence-electron chi connectivity index (χ4n) is 5.18. The summed E-state index contributed by atoms with van der Waals surface area (Å²) in [7, 11) is -5.02. The molecule has 1 unspecified atom stereocenters. The minimum absolute atomic E-state index is 0.0586. The number of β-lactam (4-membered cyclic amide) rings is 1. The summed E-state index contributed by atoms with van der Waals surface area (Å²) < 4.78 is 41.2. The Balaban J connectivity index is 1.27. The molecular formula is C29H37N9O10S2. The van der Waals surface area contributed by atoms with Gasteiger partial charge in [0.15, 0.2) is 10.8 Å². The highest BCUT2D eigenvalue weighted by Gasteiger charge is 2.58. The van der Waals surface area contributed by atoms with Gasteiger partial charge in [-0.15, -0.1) is 15.6 Å². The molecule has 2 aliphatic heterocycles. The van der Waals surface area contributed by atoms with Gasteiger partial charge in [-0.1, -0.05) is 5.16 Å². The maximum Gasteiger partial charge on any atom is 0.418 e. The van der Waals surface area contributed by atoms with Gasteiger partial charge in [-0.2, -0.15) is 13.5 Å². The van der Waals surface area contributed by atoms with Crippen molar-refractivity contribution >= 4 is 67.1 Å². The Bertz CT molecular complexity index is 1880. The number of ether oxygens (including phenoxy) is 1. The summed E-state index contributed by atoms with van der Waals surface area (Å²) in [5, 5.41) is 21.8. The van der Waals surface area contributed by atoms with Crippen LogP contribution < -0.4 is 31.7 Å². The molecule has 8 N–H and O–H groups in total. The van der Waals surface area contributed by atoms with Gasteiger partial charge in [-0.25, -0.2) is 14.8 Å². The van der Waals surface area contributed by atoms with E-state index >= 15 is 0 Å². The number of rotatable bonds is 17. The molecule has 2 saturated heterocycles. The average molecular weight is 736 g/mol. The number of nitrogen functional groups attached to an aromatic ring is 1. The molecule has 270 valence electrons. The number of hydrogen-bond acceptors (Lipinski definition) is 16. The van der Waals surface area contributed by atoms with Crippen molar-refractivity contribution in [2.45, 2.75) is 38.0 Å². The lowest BCUT2D eigenvalue weighted by molar-refractivity contribution is -0.218. The van der Waals surface area contributed by atoms with Gasteiger partial charge in [0.1, 0.15) is 29.9 Å². The predicted molar refractivity (Wildman–Crippen MR) is 181 cm³/mol. The molecule has 2 atom stereocenters. The highest BCUT2D eigenvalue weighted by molar-refractivity contribution is 7.80. The quantitative estimate of drug-likeness (QED) is 0.0451. The normalized spacial score (nSPS) is 18.2. The first-order chi connectivity index (χ1) is 23.7. The van der Waals surface area contributed by atoms with E-state index in [1.165, 1.54) is 19.2 Å². The van der Waals surface area contributed by atoms with Crippen molar-refractivity contribution in [2.75, 3.05) is 50.0 Å². The first kappa shape index (κ1) is 36.6. The second-order valence-electron chi connectivity index (χ2n) is 12.1. The number of benzene rings is 1. The number of thiazole rings is 1. The second kappa shape index (κ2) is 15.1. The Morgan fingerprint density at radius 2 is 2.02 bits per heavy atom. The van der Waals surface area contributed by atoms with Gasteiger partial charge in [0.25, 0.3) is 17.9 Å². The highest BCUT2D eigenvalue weighted by Crippen LogP contribution is 2.33. The van der Waals surface area contributed by atoms with Crippen LogP contribution in [0, 0.1) is 5.92 Å². The maximum absolute atomic E-state index is 13.3. The lowest BCUT2D eigenvalue weighted by Gasteiger charge is -2.50. The highest BCUT2D eigenvalue weighted by atomic mass is 32.3. The largest absolute Gasteiger partial charge is 0.489 e. The number of anilines is 2. The SMILES string of the molecule is CC1(C)[C@H](NC(=O)/C(=N\OC(COc2ccc3nc(N(CCCN)CC4CNC4)ccc3c2)C(=O)O)c2csc(N)n2)C(=O)N1OS(=O)(=O)O. The summed E-state index contributed by atoms with van der Waals surface area (Å²) in [6.07, 6.45) is -0.859. The summed E-state index contributed by atoms with van der Waals surface area (Å²) in [5.41, 5.74) is 10.1. The third-order valence-corrected chi connectivity index (χ3v) is 9.01. The number of carbonyl (C=O) groups excluding carboxylic acids is 2. The van der Waals surface area contributed by atoms with Crippen molar-refractivity contribution in [3.63, 3.8) is 0 Å². The van der Waals surface area contributed by atoms with Crippen molar-refractivity contribution in [3.8, 4) is 5.75 Å². The molecule has 3 aromatic rings. The standard InChI is InChI=1S/C29H37N9O10S2/c1-29(2)24(26(40)38(29)48-50(43,44)45)35-25(39)23(20-15-49-28(31)34-20)36-47-21(27(41)42)14-46-18-5-6-19-17(10-18)4-7-22(33-19)37(9-3-8-30)13-16-11-32-12-16/h4-7,10,15-16,21,24,32H,3,8-9,11-14,30H2,1-2H3,(H2,31,34)(H,35,39)(H,41,42)(H,43,44,45)/b36-23-/t21?,24-/m1/s1. The molecule has 2 aliphatic rings. The smallest absolute Gasteiger partial charge is 0.418 e. The molecule has 5 rings (SSSR count). The third kappa shape index (κ3) is 8.54. The molecule has 2 amide bonds. The Kier molecular flexibility index (Phi) is 11.0. The number of hydroxylamine groups is 2. The van der Waals surface area contributed by atoms with Crippen LogP contribution in [0.15, 0.2) is 40.9 Å². The van der Waals surface area contributed by atoms with E-state index in [0.29, 0.717) is 28.8 Å². The average Bonchev–Trinajstić information content (AvgIpc) is 3.47. The monoisotopic (exact) mass is 735 g/mol. The summed E-state index contributed by atoms with van der Waals surface area (Å²) in [4.78, 5) is 54.2. The minimum atomic E-state index is -5.02. The molecule has 1 aromatic carbocycles. The zero-order chi connectivity index (χ0) is 36.2. The fraction of sp³-hybridized carbons (Fsp3) is 0.448. The number of carboxylic acids is 1. The van der Waals surface area contributed by atoms with Gasteiger partial charge in [-0.3, -0.25) is 14.1 Å². The third-order valence-electron chi connectivity index (χ3n) is 8.00.